The molecule has 0 amide bonds. The Labute approximate surface area is 109 Å². The number of aryl methyl sites for hydroxylation is 1. The van der Waals surface area contributed by atoms with Crippen molar-refractivity contribution in [3.05, 3.63) is 29.8 Å². The molecule has 1 saturated heterocycles. The molecule has 2 N–H and O–H groups in total. The summed E-state index contributed by atoms with van der Waals surface area (Å²) in [5.74, 6) is 0.335. The van der Waals surface area contributed by atoms with Gasteiger partial charge in [-0.15, -0.1) is 0 Å². The Morgan fingerprint density at radius 1 is 1.39 bits per heavy atom. The molecule has 0 saturated carbocycles. The van der Waals surface area contributed by atoms with E-state index in [9.17, 15) is 5.11 Å². The highest BCUT2D eigenvalue weighted by Gasteiger charge is 2.24. The monoisotopic (exact) mass is 249 g/mol. The minimum absolute atomic E-state index is 0.334. The molecule has 3 nitrogen and oxygen atoms in total. The van der Waals surface area contributed by atoms with E-state index in [1.807, 2.05) is 12.1 Å². The summed E-state index contributed by atoms with van der Waals surface area (Å²) in [5, 5.41) is 12.9. The Morgan fingerprint density at radius 2 is 2.11 bits per heavy atom. The summed E-state index contributed by atoms with van der Waals surface area (Å²) >= 11 is 0. The second kappa shape index (κ2) is 6.21. The number of phenolic OH excluding ortho intramolecular Hbond substituents is 1. The van der Waals surface area contributed by atoms with Gasteiger partial charge >= 0.3 is 0 Å². The number of rotatable bonds is 5. The van der Waals surface area contributed by atoms with Crippen molar-refractivity contribution in [3.63, 3.8) is 0 Å². The van der Waals surface area contributed by atoms with E-state index >= 15 is 0 Å². The minimum atomic E-state index is 0.334. The maximum atomic E-state index is 9.23. The summed E-state index contributed by atoms with van der Waals surface area (Å²) in [4.78, 5) is 0. The van der Waals surface area contributed by atoms with Gasteiger partial charge in [0.25, 0.3) is 0 Å². The fourth-order valence-corrected chi connectivity index (χ4v) is 2.45. The molecule has 1 aliphatic heterocycles. The first-order valence-electron chi connectivity index (χ1n) is 6.80. The van der Waals surface area contributed by atoms with Gasteiger partial charge in [-0.25, -0.2) is 0 Å². The Bertz CT molecular complexity index is 363. The Kier molecular flexibility index (Phi) is 4.61. The largest absolute Gasteiger partial charge is 0.508 e. The lowest BCUT2D eigenvalue weighted by atomic mass is 10.0. The standard InChI is InChI=1S/C15H23NO2/c1-11(16-15-9-10-18-12(15)2)3-4-13-5-7-14(17)8-6-13/h5-8,11-12,15-17H,3-4,9-10H2,1-2H3. The third-order valence-electron chi connectivity index (χ3n) is 3.68. The van der Waals surface area contributed by atoms with Crippen molar-refractivity contribution in [1.82, 2.24) is 5.32 Å². The number of ether oxygens (including phenoxy) is 1. The first kappa shape index (κ1) is 13.4. The van der Waals surface area contributed by atoms with Gasteiger partial charge in [-0.3, -0.25) is 0 Å². The molecule has 2 rings (SSSR count). The van der Waals surface area contributed by atoms with E-state index in [0.29, 0.717) is 23.9 Å². The van der Waals surface area contributed by atoms with E-state index in [0.717, 1.165) is 25.9 Å². The molecular weight excluding hydrogens is 226 g/mol. The van der Waals surface area contributed by atoms with E-state index in [2.05, 4.69) is 19.2 Å². The van der Waals surface area contributed by atoms with Crippen molar-refractivity contribution < 1.29 is 9.84 Å². The molecule has 1 heterocycles. The zero-order chi connectivity index (χ0) is 13.0. The van der Waals surface area contributed by atoms with Gasteiger partial charge in [-0.2, -0.15) is 0 Å². The van der Waals surface area contributed by atoms with Crippen LogP contribution in [-0.4, -0.2) is 29.9 Å². The van der Waals surface area contributed by atoms with Crippen molar-refractivity contribution in [1.29, 1.82) is 0 Å². The molecule has 0 bridgehead atoms. The average molecular weight is 249 g/mol. The fourth-order valence-electron chi connectivity index (χ4n) is 2.45. The van der Waals surface area contributed by atoms with Gasteiger partial charge in [0.05, 0.1) is 6.10 Å². The van der Waals surface area contributed by atoms with Crippen LogP contribution in [0.2, 0.25) is 0 Å². The number of hydrogen-bond donors (Lipinski definition) is 2. The van der Waals surface area contributed by atoms with Gasteiger partial charge < -0.3 is 15.2 Å². The first-order chi connectivity index (χ1) is 8.65. The van der Waals surface area contributed by atoms with Crippen molar-refractivity contribution in [2.75, 3.05) is 6.61 Å². The summed E-state index contributed by atoms with van der Waals surface area (Å²) in [5.41, 5.74) is 1.28. The number of hydrogen-bond acceptors (Lipinski definition) is 3. The van der Waals surface area contributed by atoms with Crippen LogP contribution in [-0.2, 0) is 11.2 Å². The normalized spacial score (nSPS) is 25.2. The zero-order valence-electron chi connectivity index (χ0n) is 11.2. The number of nitrogens with one attached hydrogen (secondary N) is 1. The van der Waals surface area contributed by atoms with Gasteiger partial charge in [0, 0.05) is 18.7 Å². The molecule has 3 unspecified atom stereocenters. The lowest BCUT2D eigenvalue weighted by Gasteiger charge is -2.21. The van der Waals surface area contributed by atoms with Gasteiger partial charge in [0.15, 0.2) is 0 Å². The number of aromatic hydroxyl groups is 1. The highest BCUT2D eigenvalue weighted by Crippen LogP contribution is 2.15. The topological polar surface area (TPSA) is 41.5 Å². The second-order valence-corrected chi connectivity index (χ2v) is 5.24. The smallest absolute Gasteiger partial charge is 0.115 e. The van der Waals surface area contributed by atoms with Crippen LogP contribution in [0.1, 0.15) is 32.3 Å². The van der Waals surface area contributed by atoms with Crippen LogP contribution < -0.4 is 5.32 Å². The van der Waals surface area contributed by atoms with Crippen LogP contribution in [0, 0.1) is 0 Å². The molecule has 3 heteroatoms. The van der Waals surface area contributed by atoms with Crippen molar-refractivity contribution in [3.8, 4) is 5.75 Å². The molecule has 18 heavy (non-hydrogen) atoms. The molecule has 0 radical (unpaired) electrons. The van der Waals surface area contributed by atoms with Gasteiger partial charge in [-0.1, -0.05) is 12.1 Å². The third-order valence-corrected chi connectivity index (χ3v) is 3.68. The summed E-state index contributed by atoms with van der Waals surface area (Å²) < 4.78 is 5.55. The fraction of sp³-hybridized carbons (Fsp3) is 0.600. The lowest BCUT2D eigenvalue weighted by Crippen LogP contribution is -2.40. The predicted molar refractivity (Wildman–Crippen MR) is 72.8 cm³/mol. The van der Waals surface area contributed by atoms with E-state index in [1.165, 1.54) is 5.56 Å². The first-order valence-corrected chi connectivity index (χ1v) is 6.80. The highest BCUT2D eigenvalue weighted by atomic mass is 16.5. The van der Waals surface area contributed by atoms with Crippen molar-refractivity contribution >= 4 is 0 Å². The minimum Gasteiger partial charge on any atom is -0.508 e. The molecule has 0 aromatic heterocycles. The maximum absolute atomic E-state index is 9.23. The van der Waals surface area contributed by atoms with Crippen LogP contribution in [0.5, 0.6) is 5.75 Å². The van der Waals surface area contributed by atoms with Crippen LogP contribution >= 0.6 is 0 Å². The zero-order valence-corrected chi connectivity index (χ0v) is 11.2. The van der Waals surface area contributed by atoms with Gasteiger partial charge in [0.1, 0.15) is 5.75 Å². The molecule has 1 aromatic rings. The Hall–Kier alpha value is -1.06. The van der Waals surface area contributed by atoms with Crippen molar-refractivity contribution in [2.24, 2.45) is 0 Å². The number of phenols is 1. The average Bonchev–Trinajstić information content (AvgIpc) is 2.74. The molecular formula is C15H23NO2. The van der Waals surface area contributed by atoms with Gasteiger partial charge in [-0.05, 0) is 50.8 Å². The highest BCUT2D eigenvalue weighted by molar-refractivity contribution is 5.25. The number of benzene rings is 1. The Morgan fingerprint density at radius 3 is 2.72 bits per heavy atom. The van der Waals surface area contributed by atoms with Crippen LogP contribution in [0.15, 0.2) is 24.3 Å². The second-order valence-electron chi connectivity index (χ2n) is 5.24. The summed E-state index contributed by atoms with van der Waals surface area (Å²) in [6, 6.07) is 8.47. The maximum Gasteiger partial charge on any atom is 0.115 e. The molecule has 100 valence electrons. The van der Waals surface area contributed by atoms with Crippen LogP contribution in [0.3, 0.4) is 0 Å². The molecule has 1 aromatic carbocycles. The SMILES string of the molecule is CC(CCc1ccc(O)cc1)NC1CCOC1C. The Balaban J connectivity index is 1.74. The summed E-state index contributed by atoms with van der Waals surface area (Å²) in [7, 11) is 0. The summed E-state index contributed by atoms with van der Waals surface area (Å²) in [6.07, 6.45) is 3.59. The van der Waals surface area contributed by atoms with Crippen LogP contribution in [0.25, 0.3) is 0 Å². The van der Waals surface area contributed by atoms with E-state index < -0.39 is 0 Å². The third kappa shape index (κ3) is 3.72. The van der Waals surface area contributed by atoms with E-state index in [1.54, 1.807) is 12.1 Å². The van der Waals surface area contributed by atoms with E-state index in [4.69, 9.17) is 4.74 Å². The molecule has 1 aliphatic rings. The van der Waals surface area contributed by atoms with E-state index in [-0.39, 0.29) is 0 Å². The van der Waals surface area contributed by atoms with Gasteiger partial charge in [0.2, 0.25) is 0 Å². The summed E-state index contributed by atoms with van der Waals surface area (Å²) in [6.45, 7) is 5.24. The quantitative estimate of drug-likeness (QED) is 0.842. The lowest BCUT2D eigenvalue weighted by molar-refractivity contribution is 0.111. The van der Waals surface area contributed by atoms with Crippen LogP contribution in [0.4, 0.5) is 0 Å². The molecule has 0 aliphatic carbocycles. The molecule has 0 spiro atoms. The molecule has 3 atom stereocenters. The predicted octanol–water partition coefficient (Wildman–Crippen LogP) is 2.48. The van der Waals surface area contributed by atoms with Crippen molar-refractivity contribution in [2.45, 2.75) is 51.3 Å². The molecule has 1 fully saturated rings.